The highest BCUT2D eigenvalue weighted by Gasteiger charge is 2.22. The van der Waals surface area contributed by atoms with Gasteiger partial charge < -0.3 is 10.6 Å². The van der Waals surface area contributed by atoms with Gasteiger partial charge in [0.2, 0.25) is 0 Å². The van der Waals surface area contributed by atoms with Crippen LogP contribution >= 0.6 is 39.1 Å². The lowest BCUT2D eigenvalue weighted by Crippen LogP contribution is -2.36. The Morgan fingerprint density at radius 3 is 2.05 bits per heavy atom. The number of aromatic nitrogens is 1. The van der Waals surface area contributed by atoms with Crippen LogP contribution in [0.3, 0.4) is 0 Å². The fraction of sp³-hybridized carbons (Fsp3) is 0.148. The van der Waals surface area contributed by atoms with E-state index in [4.69, 9.17) is 23.2 Å². The van der Waals surface area contributed by atoms with Crippen LogP contribution in [0.1, 0.15) is 36.8 Å². The van der Waals surface area contributed by atoms with Gasteiger partial charge in [-0.05, 0) is 65.6 Å². The summed E-state index contributed by atoms with van der Waals surface area (Å²) in [6.07, 6.45) is 0. The van der Waals surface area contributed by atoms with Crippen molar-refractivity contribution in [1.29, 1.82) is 0 Å². The molecule has 37 heavy (non-hydrogen) atoms. The molecular formula is C27H23BrCl2N4O3. The molecule has 0 unspecified atom stereocenters. The number of hydrogen-bond acceptors (Lipinski definition) is 3. The fourth-order valence-corrected chi connectivity index (χ4v) is 4.59. The average molecular weight is 602 g/mol. The molecule has 3 N–H and O–H groups in total. The maximum Gasteiger partial charge on any atom is 0.328 e. The van der Waals surface area contributed by atoms with E-state index in [-0.39, 0.29) is 11.1 Å². The van der Waals surface area contributed by atoms with E-state index in [1.54, 1.807) is 54.6 Å². The van der Waals surface area contributed by atoms with Crippen molar-refractivity contribution in [2.75, 3.05) is 16.1 Å². The van der Waals surface area contributed by atoms with E-state index in [0.717, 1.165) is 10.0 Å². The molecule has 190 valence electrons. The predicted octanol–water partition coefficient (Wildman–Crippen LogP) is 6.97. The lowest BCUT2D eigenvalue weighted by atomic mass is 9.87. The van der Waals surface area contributed by atoms with E-state index in [2.05, 4.69) is 52.8 Å². The summed E-state index contributed by atoms with van der Waals surface area (Å²) in [5, 5.41) is 6.69. The van der Waals surface area contributed by atoms with Crippen LogP contribution in [-0.2, 0) is 15.0 Å². The van der Waals surface area contributed by atoms with Gasteiger partial charge in [0.1, 0.15) is 5.69 Å². The van der Waals surface area contributed by atoms with Gasteiger partial charge >= 0.3 is 11.8 Å². The number of amides is 3. The minimum atomic E-state index is -0.944. The maximum atomic E-state index is 13.2. The molecule has 0 aliphatic rings. The van der Waals surface area contributed by atoms with Crippen LogP contribution in [0, 0.1) is 0 Å². The van der Waals surface area contributed by atoms with Gasteiger partial charge in [-0.15, -0.1) is 0 Å². The van der Waals surface area contributed by atoms with Gasteiger partial charge in [-0.3, -0.25) is 19.8 Å². The average Bonchev–Trinajstić information content (AvgIpc) is 3.15. The molecule has 3 aromatic carbocycles. The molecule has 7 nitrogen and oxygen atoms in total. The second-order valence-electron chi connectivity index (χ2n) is 9.40. The molecule has 0 aliphatic heterocycles. The monoisotopic (exact) mass is 600 g/mol. The summed E-state index contributed by atoms with van der Waals surface area (Å²) < 4.78 is 2.06. The summed E-state index contributed by atoms with van der Waals surface area (Å²) in [5.74, 6) is -2.36. The normalized spacial score (nSPS) is 11.3. The highest BCUT2D eigenvalue weighted by Crippen LogP contribution is 2.26. The lowest BCUT2D eigenvalue weighted by Gasteiger charge is -2.19. The third-order valence-electron chi connectivity index (χ3n) is 5.55. The van der Waals surface area contributed by atoms with E-state index in [1.165, 1.54) is 4.68 Å². The van der Waals surface area contributed by atoms with Crippen molar-refractivity contribution >= 4 is 79.1 Å². The quantitative estimate of drug-likeness (QED) is 0.221. The van der Waals surface area contributed by atoms with Crippen LogP contribution in [0.4, 0.5) is 11.4 Å². The predicted molar refractivity (Wildman–Crippen MR) is 152 cm³/mol. The number of carbonyl (C=O) groups excluding carboxylic acids is 3. The molecule has 0 fully saturated rings. The van der Waals surface area contributed by atoms with E-state index < -0.39 is 17.7 Å². The number of rotatable bonds is 4. The molecule has 0 atom stereocenters. The van der Waals surface area contributed by atoms with Crippen LogP contribution < -0.4 is 16.1 Å². The second-order valence-corrected chi connectivity index (χ2v) is 11.2. The summed E-state index contributed by atoms with van der Waals surface area (Å²) in [6, 6.07) is 18.8. The summed E-state index contributed by atoms with van der Waals surface area (Å²) in [5.41, 5.74) is 5.06. The summed E-state index contributed by atoms with van der Waals surface area (Å²) in [6.45, 7) is 6.26. The first-order chi connectivity index (χ1) is 17.4. The Kier molecular flexibility index (Phi) is 7.64. The molecule has 4 aromatic rings. The molecule has 0 saturated heterocycles. The SMILES string of the molecule is CC(C)(C)c1ccc(NC(=O)C(=O)Nn2c(C(=O)Nc3cc(Cl)cc(Cl)c3)cc3cc(Br)ccc32)cc1. The van der Waals surface area contributed by atoms with Gasteiger partial charge in [0.25, 0.3) is 5.91 Å². The number of carbonyl (C=O) groups is 3. The van der Waals surface area contributed by atoms with Gasteiger partial charge in [-0.1, -0.05) is 72.0 Å². The minimum Gasteiger partial charge on any atom is -0.321 e. The van der Waals surface area contributed by atoms with Crippen LogP contribution in [0.15, 0.2) is 71.2 Å². The van der Waals surface area contributed by atoms with Crippen LogP contribution in [-0.4, -0.2) is 22.4 Å². The molecule has 0 spiro atoms. The molecule has 0 radical (unpaired) electrons. The summed E-state index contributed by atoms with van der Waals surface area (Å²) in [7, 11) is 0. The van der Waals surface area contributed by atoms with Crippen molar-refractivity contribution in [3.63, 3.8) is 0 Å². The highest BCUT2D eigenvalue weighted by atomic mass is 79.9. The Morgan fingerprint density at radius 2 is 1.43 bits per heavy atom. The molecule has 10 heteroatoms. The summed E-state index contributed by atoms with van der Waals surface area (Å²) in [4.78, 5) is 38.7. The van der Waals surface area contributed by atoms with Gasteiger partial charge in [0.05, 0.1) is 5.52 Å². The van der Waals surface area contributed by atoms with Crippen molar-refractivity contribution in [3.8, 4) is 0 Å². The third-order valence-corrected chi connectivity index (χ3v) is 6.47. The van der Waals surface area contributed by atoms with Crippen molar-refractivity contribution < 1.29 is 14.4 Å². The third kappa shape index (κ3) is 6.33. The zero-order valence-electron chi connectivity index (χ0n) is 20.2. The molecule has 4 rings (SSSR count). The lowest BCUT2D eigenvalue weighted by molar-refractivity contribution is -0.133. The van der Waals surface area contributed by atoms with Crippen molar-refractivity contribution in [3.05, 3.63) is 92.5 Å². The molecule has 0 aliphatic carbocycles. The first-order valence-electron chi connectivity index (χ1n) is 11.2. The summed E-state index contributed by atoms with van der Waals surface area (Å²) >= 11 is 15.5. The van der Waals surface area contributed by atoms with Crippen molar-refractivity contribution in [2.24, 2.45) is 0 Å². The molecule has 0 bridgehead atoms. The molecule has 3 amide bonds. The number of halogens is 3. The largest absolute Gasteiger partial charge is 0.328 e. The minimum absolute atomic E-state index is 0.0439. The fourth-order valence-electron chi connectivity index (χ4n) is 3.69. The zero-order valence-corrected chi connectivity index (χ0v) is 23.3. The number of nitrogens with zero attached hydrogens (tertiary/aromatic N) is 1. The first-order valence-corrected chi connectivity index (χ1v) is 12.8. The Balaban J connectivity index is 1.59. The van der Waals surface area contributed by atoms with Crippen LogP contribution in [0.5, 0.6) is 0 Å². The smallest absolute Gasteiger partial charge is 0.321 e. The van der Waals surface area contributed by atoms with E-state index in [9.17, 15) is 14.4 Å². The first kappa shape index (κ1) is 26.7. The number of nitrogens with one attached hydrogen (secondary N) is 3. The van der Waals surface area contributed by atoms with Crippen LogP contribution in [0.2, 0.25) is 10.0 Å². The number of anilines is 2. The van der Waals surface area contributed by atoms with Crippen LogP contribution in [0.25, 0.3) is 10.9 Å². The Bertz CT molecular complexity index is 1510. The topological polar surface area (TPSA) is 92.2 Å². The molecule has 0 saturated carbocycles. The Hall–Kier alpha value is -3.33. The van der Waals surface area contributed by atoms with Crippen molar-refractivity contribution in [1.82, 2.24) is 4.68 Å². The molecular weight excluding hydrogens is 579 g/mol. The Morgan fingerprint density at radius 1 is 0.784 bits per heavy atom. The van der Waals surface area contributed by atoms with Crippen molar-refractivity contribution in [2.45, 2.75) is 26.2 Å². The van der Waals surface area contributed by atoms with Gasteiger partial charge in [-0.2, -0.15) is 0 Å². The number of fused-ring (bicyclic) bond motifs is 1. The van der Waals surface area contributed by atoms with E-state index in [0.29, 0.717) is 32.3 Å². The zero-order chi connectivity index (χ0) is 26.9. The second kappa shape index (κ2) is 10.6. The molecule has 1 heterocycles. The van der Waals surface area contributed by atoms with E-state index in [1.807, 2.05) is 12.1 Å². The van der Waals surface area contributed by atoms with Gasteiger partial charge in [-0.25, -0.2) is 4.68 Å². The van der Waals surface area contributed by atoms with E-state index >= 15 is 0 Å². The Labute approximate surface area is 232 Å². The maximum absolute atomic E-state index is 13.2. The molecule has 1 aromatic heterocycles. The van der Waals surface area contributed by atoms with Gasteiger partial charge in [0.15, 0.2) is 0 Å². The van der Waals surface area contributed by atoms with Gasteiger partial charge in [0, 0.05) is 31.3 Å². The number of benzene rings is 3. The standard InChI is InChI=1S/C27H23BrCl2N4O3/c1-27(2,3)16-4-7-20(8-5-16)31-25(36)26(37)33-34-22-9-6-17(28)10-15(22)11-23(34)24(35)32-21-13-18(29)12-19(30)14-21/h4-14H,1-3H3,(H,31,36)(H,32,35)(H,33,37). The highest BCUT2D eigenvalue weighted by molar-refractivity contribution is 9.10. The number of hydrogen-bond donors (Lipinski definition) is 3.